The summed E-state index contributed by atoms with van der Waals surface area (Å²) in [4.78, 5) is 4.43. The van der Waals surface area contributed by atoms with Crippen LogP contribution in [-0.2, 0) is 0 Å². The van der Waals surface area contributed by atoms with E-state index in [0.717, 1.165) is 24.3 Å². The van der Waals surface area contributed by atoms with E-state index in [1.165, 1.54) is 0 Å². The Morgan fingerprint density at radius 1 is 1.25 bits per heavy atom. The monoisotopic (exact) mass is 235 g/mol. The van der Waals surface area contributed by atoms with Crippen molar-refractivity contribution >= 4 is 23.1 Å². The Labute approximate surface area is 97.6 Å². The van der Waals surface area contributed by atoms with Crippen molar-refractivity contribution in [2.45, 2.75) is 6.29 Å². The molecular weight excluding hydrogens is 226 g/mol. The van der Waals surface area contributed by atoms with Crippen LogP contribution in [0.1, 0.15) is 5.56 Å². The number of rotatable bonds is 1. The Morgan fingerprint density at radius 2 is 2.06 bits per heavy atom. The van der Waals surface area contributed by atoms with Gasteiger partial charge in [-0.25, -0.2) is 4.99 Å². The van der Waals surface area contributed by atoms with E-state index in [-0.39, 0.29) is 6.29 Å². The quantitative estimate of drug-likeness (QED) is 0.778. The number of azo groups is 1. The second-order valence-electron chi connectivity index (χ2n) is 3.62. The average molecular weight is 236 g/mol. The van der Waals surface area contributed by atoms with E-state index in [0.29, 0.717) is 10.9 Å². The molecule has 3 rings (SSSR count). The predicted molar refractivity (Wildman–Crippen MR) is 62.3 cm³/mol. The Hall–Kier alpha value is -1.30. The maximum Gasteiger partial charge on any atom is 0.182 e. The SMILES string of the molecule is Clc1ccc2c(c1)C(=NC1NCCN1)N=N2. The number of halogens is 1. The third-order valence-electron chi connectivity index (χ3n) is 2.50. The molecule has 2 N–H and O–H groups in total. The summed E-state index contributed by atoms with van der Waals surface area (Å²) in [7, 11) is 0. The number of aliphatic imine (C=N–C) groups is 1. The topological polar surface area (TPSA) is 61.1 Å². The van der Waals surface area contributed by atoms with Crippen LogP contribution in [0.5, 0.6) is 0 Å². The maximum atomic E-state index is 5.94. The van der Waals surface area contributed by atoms with Crippen molar-refractivity contribution in [3.63, 3.8) is 0 Å². The first-order valence-corrected chi connectivity index (χ1v) is 5.47. The van der Waals surface area contributed by atoms with E-state index in [4.69, 9.17) is 11.6 Å². The highest BCUT2D eigenvalue weighted by Crippen LogP contribution is 2.29. The van der Waals surface area contributed by atoms with Crippen LogP contribution >= 0.6 is 11.6 Å². The van der Waals surface area contributed by atoms with Gasteiger partial charge in [0.2, 0.25) is 0 Å². The van der Waals surface area contributed by atoms with E-state index in [1.54, 1.807) is 6.07 Å². The van der Waals surface area contributed by atoms with Crippen LogP contribution in [-0.4, -0.2) is 25.2 Å². The standard InChI is InChI=1S/C10H10ClN5/c11-6-1-2-8-7(5-6)9(16-15-8)14-10-12-3-4-13-10/h1-2,5,10,12-13H,3-4H2. The summed E-state index contributed by atoms with van der Waals surface area (Å²) in [5, 5.41) is 15.2. The van der Waals surface area contributed by atoms with Gasteiger partial charge in [-0.1, -0.05) is 11.6 Å². The first-order chi connectivity index (χ1) is 7.83. The third kappa shape index (κ3) is 1.73. The minimum absolute atomic E-state index is 0.0705. The maximum absolute atomic E-state index is 5.94. The molecule has 2 aliphatic rings. The summed E-state index contributed by atoms with van der Waals surface area (Å²) in [6.07, 6.45) is -0.0705. The summed E-state index contributed by atoms with van der Waals surface area (Å²) in [5.74, 6) is 0.629. The smallest absolute Gasteiger partial charge is 0.182 e. The number of amidine groups is 1. The normalized spacial score (nSPS) is 21.9. The summed E-state index contributed by atoms with van der Waals surface area (Å²) in [6, 6.07) is 5.48. The Morgan fingerprint density at radius 3 is 2.88 bits per heavy atom. The second-order valence-corrected chi connectivity index (χ2v) is 4.06. The van der Waals surface area contributed by atoms with Crippen LogP contribution < -0.4 is 10.6 Å². The first-order valence-electron chi connectivity index (χ1n) is 5.09. The van der Waals surface area contributed by atoms with Crippen molar-refractivity contribution in [3.05, 3.63) is 28.8 Å². The van der Waals surface area contributed by atoms with Crippen molar-refractivity contribution in [2.24, 2.45) is 15.2 Å². The second kappa shape index (κ2) is 3.93. The zero-order valence-electron chi connectivity index (χ0n) is 8.44. The number of hydrogen-bond acceptors (Lipinski definition) is 4. The zero-order valence-corrected chi connectivity index (χ0v) is 9.20. The Kier molecular flexibility index (Phi) is 2.43. The molecule has 0 saturated carbocycles. The van der Waals surface area contributed by atoms with Gasteiger partial charge in [-0.15, -0.1) is 10.2 Å². The van der Waals surface area contributed by atoms with Crippen LogP contribution in [0.3, 0.4) is 0 Å². The summed E-state index contributed by atoms with van der Waals surface area (Å²) in [5.41, 5.74) is 1.71. The molecule has 0 spiro atoms. The van der Waals surface area contributed by atoms with Gasteiger partial charge >= 0.3 is 0 Å². The van der Waals surface area contributed by atoms with Crippen molar-refractivity contribution in [3.8, 4) is 0 Å². The first kappa shape index (κ1) is 9.89. The molecule has 1 fully saturated rings. The van der Waals surface area contributed by atoms with E-state index in [1.807, 2.05) is 12.1 Å². The van der Waals surface area contributed by atoms with Crippen molar-refractivity contribution in [2.75, 3.05) is 13.1 Å². The van der Waals surface area contributed by atoms with Gasteiger partial charge in [0.1, 0.15) is 0 Å². The molecule has 5 nitrogen and oxygen atoms in total. The molecular formula is C10H10ClN5. The van der Waals surface area contributed by atoms with E-state index >= 15 is 0 Å². The molecule has 1 saturated heterocycles. The lowest BCUT2D eigenvalue weighted by atomic mass is 10.2. The van der Waals surface area contributed by atoms with Crippen molar-refractivity contribution in [1.29, 1.82) is 0 Å². The number of hydrogen-bond donors (Lipinski definition) is 2. The van der Waals surface area contributed by atoms with Crippen LogP contribution in [0.4, 0.5) is 5.69 Å². The number of nitrogens with zero attached hydrogens (tertiary/aromatic N) is 3. The molecule has 6 heteroatoms. The number of benzene rings is 1. The lowest BCUT2D eigenvalue weighted by Crippen LogP contribution is -2.29. The molecule has 2 aliphatic heterocycles. The molecule has 0 aromatic heterocycles. The third-order valence-corrected chi connectivity index (χ3v) is 2.74. The largest absolute Gasteiger partial charge is 0.282 e. The van der Waals surface area contributed by atoms with E-state index in [2.05, 4.69) is 25.9 Å². The van der Waals surface area contributed by atoms with Gasteiger partial charge in [-0.3, -0.25) is 10.6 Å². The van der Waals surface area contributed by atoms with Gasteiger partial charge < -0.3 is 0 Å². The van der Waals surface area contributed by atoms with Crippen molar-refractivity contribution < 1.29 is 0 Å². The Bertz CT molecular complexity index is 476. The number of nitrogens with one attached hydrogen (secondary N) is 2. The summed E-state index contributed by atoms with van der Waals surface area (Å²) in [6.45, 7) is 1.84. The van der Waals surface area contributed by atoms with Gasteiger partial charge in [-0.2, -0.15) is 0 Å². The molecule has 0 bridgehead atoms. The highest BCUT2D eigenvalue weighted by molar-refractivity contribution is 6.31. The molecule has 0 aliphatic carbocycles. The van der Waals surface area contributed by atoms with Crippen LogP contribution in [0.2, 0.25) is 5.02 Å². The van der Waals surface area contributed by atoms with Crippen LogP contribution in [0.25, 0.3) is 0 Å². The lowest BCUT2D eigenvalue weighted by molar-refractivity contribution is 0.580. The van der Waals surface area contributed by atoms with Gasteiger partial charge in [0.15, 0.2) is 12.1 Å². The highest BCUT2D eigenvalue weighted by atomic mass is 35.5. The number of fused-ring (bicyclic) bond motifs is 1. The fraction of sp³-hybridized carbons (Fsp3) is 0.300. The molecule has 1 aromatic rings. The molecule has 16 heavy (non-hydrogen) atoms. The average Bonchev–Trinajstić information content (AvgIpc) is 2.90. The summed E-state index contributed by atoms with van der Waals surface area (Å²) < 4.78 is 0. The van der Waals surface area contributed by atoms with Crippen molar-refractivity contribution in [1.82, 2.24) is 10.6 Å². The van der Waals surface area contributed by atoms with E-state index < -0.39 is 0 Å². The zero-order chi connectivity index (χ0) is 11.0. The molecule has 1 aromatic carbocycles. The lowest BCUT2D eigenvalue weighted by Gasteiger charge is -2.05. The highest BCUT2D eigenvalue weighted by Gasteiger charge is 2.19. The molecule has 2 heterocycles. The minimum atomic E-state index is -0.0705. The van der Waals surface area contributed by atoms with Crippen LogP contribution in [0.15, 0.2) is 33.4 Å². The van der Waals surface area contributed by atoms with Gasteiger partial charge in [0.05, 0.1) is 5.69 Å². The predicted octanol–water partition coefficient (Wildman–Crippen LogP) is 1.66. The molecule has 82 valence electrons. The Balaban J connectivity index is 1.95. The van der Waals surface area contributed by atoms with Crippen LogP contribution in [0, 0.1) is 0 Å². The fourth-order valence-corrected chi connectivity index (χ4v) is 1.90. The van der Waals surface area contributed by atoms with E-state index in [9.17, 15) is 0 Å². The molecule has 0 radical (unpaired) electrons. The minimum Gasteiger partial charge on any atom is -0.282 e. The molecule has 0 amide bonds. The summed E-state index contributed by atoms with van der Waals surface area (Å²) >= 11 is 5.94. The van der Waals surface area contributed by atoms with Gasteiger partial charge in [0.25, 0.3) is 0 Å². The molecule has 0 unspecified atom stereocenters. The molecule has 0 atom stereocenters. The van der Waals surface area contributed by atoms with Gasteiger partial charge in [-0.05, 0) is 18.2 Å². The van der Waals surface area contributed by atoms with Gasteiger partial charge in [0, 0.05) is 23.7 Å². The fourth-order valence-electron chi connectivity index (χ4n) is 1.73.